The Morgan fingerprint density at radius 3 is 2.50 bits per heavy atom. The summed E-state index contributed by atoms with van der Waals surface area (Å²) in [7, 11) is -2.24. The highest BCUT2D eigenvalue weighted by Gasteiger charge is 2.19. The lowest BCUT2D eigenvalue weighted by Crippen LogP contribution is -2.15. The second kappa shape index (κ2) is 9.46. The standard InChI is InChI=1S/C20H18ClN3O4S2/c1-13-10-16(17(28-2)11-15(13)21)22-18(25)12-29-19-8-9-20(24-23-19)30(26,27)14-6-4-3-5-7-14/h3-11H,12H2,1-2H3,(H,22,25). The molecule has 1 aromatic heterocycles. The van der Waals surface area contributed by atoms with Crippen LogP contribution in [-0.2, 0) is 14.6 Å². The summed E-state index contributed by atoms with van der Waals surface area (Å²) in [6.07, 6.45) is 0. The van der Waals surface area contributed by atoms with Crippen LogP contribution in [0.25, 0.3) is 0 Å². The Hall–Kier alpha value is -2.62. The number of nitrogens with one attached hydrogen (secondary N) is 1. The van der Waals surface area contributed by atoms with Crippen molar-refractivity contribution in [3.63, 3.8) is 0 Å². The zero-order valence-corrected chi connectivity index (χ0v) is 18.5. The number of rotatable bonds is 7. The molecule has 30 heavy (non-hydrogen) atoms. The number of sulfone groups is 1. The van der Waals surface area contributed by atoms with Crippen LogP contribution in [0.3, 0.4) is 0 Å². The number of aromatic nitrogens is 2. The molecule has 0 radical (unpaired) electrons. The number of thioether (sulfide) groups is 1. The van der Waals surface area contributed by atoms with E-state index >= 15 is 0 Å². The number of benzene rings is 2. The normalized spacial score (nSPS) is 11.2. The van der Waals surface area contributed by atoms with Crippen LogP contribution in [0.5, 0.6) is 5.75 Å². The maximum absolute atomic E-state index is 12.5. The van der Waals surface area contributed by atoms with Crippen molar-refractivity contribution in [2.45, 2.75) is 21.9 Å². The number of hydrogen-bond donors (Lipinski definition) is 1. The van der Waals surface area contributed by atoms with Crippen LogP contribution in [-0.4, -0.2) is 37.4 Å². The van der Waals surface area contributed by atoms with Gasteiger partial charge >= 0.3 is 0 Å². The van der Waals surface area contributed by atoms with E-state index in [-0.39, 0.29) is 21.6 Å². The highest BCUT2D eigenvalue weighted by molar-refractivity contribution is 7.99. The first kappa shape index (κ1) is 22.1. The molecule has 1 heterocycles. The van der Waals surface area contributed by atoms with Gasteiger partial charge in [-0.3, -0.25) is 4.79 Å². The van der Waals surface area contributed by atoms with Crippen LogP contribution in [0.4, 0.5) is 5.69 Å². The molecule has 10 heteroatoms. The largest absolute Gasteiger partial charge is 0.495 e. The van der Waals surface area contributed by atoms with Gasteiger partial charge in [0.05, 0.1) is 23.4 Å². The minimum absolute atomic E-state index is 0.0598. The average molecular weight is 464 g/mol. The van der Waals surface area contributed by atoms with Gasteiger partial charge in [-0.15, -0.1) is 10.2 Å². The summed E-state index contributed by atoms with van der Waals surface area (Å²) in [5.74, 6) is 0.242. The summed E-state index contributed by atoms with van der Waals surface area (Å²) in [6.45, 7) is 1.83. The van der Waals surface area contributed by atoms with E-state index in [1.165, 1.54) is 31.4 Å². The van der Waals surface area contributed by atoms with Gasteiger partial charge in [0, 0.05) is 11.1 Å². The summed E-state index contributed by atoms with van der Waals surface area (Å²) in [5.41, 5.74) is 1.32. The summed E-state index contributed by atoms with van der Waals surface area (Å²) < 4.78 is 30.3. The van der Waals surface area contributed by atoms with Crippen molar-refractivity contribution in [1.29, 1.82) is 0 Å². The first-order valence-electron chi connectivity index (χ1n) is 8.72. The highest BCUT2D eigenvalue weighted by atomic mass is 35.5. The summed E-state index contributed by atoms with van der Waals surface area (Å²) in [6, 6.07) is 14.3. The predicted octanol–water partition coefficient (Wildman–Crippen LogP) is 4.01. The molecule has 1 N–H and O–H groups in total. The van der Waals surface area contributed by atoms with Gasteiger partial charge in [0.1, 0.15) is 10.8 Å². The molecule has 0 bridgehead atoms. The molecule has 156 valence electrons. The minimum Gasteiger partial charge on any atom is -0.495 e. The Morgan fingerprint density at radius 1 is 1.13 bits per heavy atom. The van der Waals surface area contributed by atoms with Crippen LogP contribution in [0.2, 0.25) is 5.02 Å². The number of carbonyl (C=O) groups is 1. The maximum Gasteiger partial charge on any atom is 0.234 e. The van der Waals surface area contributed by atoms with Crippen LogP contribution >= 0.6 is 23.4 Å². The Bertz CT molecular complexity index is 1150. The van der Waals surface area contributed by atoms with Gasteiger partial charge in [-0.1, -0.05) is 41.6 Å². The van der Waals surface area contributed by atoms with Gasteiger partial charge in [-0.25, -0.2) is 8.42 Å². The van der Waals surface area contributed by atoms with Crippen molar-refractivity contribution < 1.29 is 17.9 Å². The number of halogens is 1. The fourth-order valence-corrected chi connectivity index (χ4v) is 4.42. The van der Waals surface area contributed by atoms with Gasteiger partial charge in [0.15, 0.2) is 5.03 Å². The van der Waals surface area contributed by atoms with Crippen molar-refractivity contribution in [2.75, 3.05) is 18.2 Å². The molecule has 0 unspecified atom stereocenters. The van der Waals surface area contributed by atoms with Crippen molar-refractivity contribution >= 4 is 44.8 Å². The third-order valence-electron chi connectivity index (χ3n) is 4.05. The molecule has 1 amide bonds. The number of nitrogens with zero attached hydrogens (tertiary/aromatic N) is 2. The van der Waals surface area contributed by atoms with Crippen LogP contribution in [0.15, 0.2) is 69.5 Å². The van der Waals surface area contributed by atoms with Crippen molar-refractivity contribution in [3.05, 3.63) is 65.2 Å². The van der Waals surface area contributed by atoms with Crippen molar-refractivity contribution in [1.82, 2.24) is 10.2 Å². The summed E-state index contributed by atoms with van der Waals surface area (Å²) in [4.78, 5) is 12.4. The van der Waals surface area contributed by atoms with Gasteiger partial charge in [0.25, 0.3) is 0 Å². The maximum atomic E-state index is 12.5. The fraction of sp³-hybridized carbons (Fsp3) is 0.150. The first-order valence-corrected chi connectivity index (χ1v) is 11.6. The van der Waals surface area contributed by atoms with Crippen LogP contribution < -0.4 is 10.1 Å². The highest BCUT2D eigenvalue weighted by Crippen LogP contribution is 2.31. The molecule has 3 aromatic rings. The van der Waals surface area contributed by atoms with E-state index in [4.69, 9.17) is 16.3 Å². The van der Waals surface area contributed by atoms with Gasteiger partial charge in [0.2, 0.25) is 15.7 Å². The number of aryl methyl sites for hydroxylation is 1. The van der Waals surface area contributed by atoms with E-state index in [0.717, 1.165) is 17.3 Å². The Kier molecular flexibility index (Phi) is 6.96. The predicted molar refractivity (Wildman–Crippen MR) is 116 cm³/mol. The summed E-state index contributed by atoms with van der Waals surface area (Å²) >= 11 is 7.21. The number of anilines is 1. The number of amides is 1. The topological polar surface area (TPSA) is 98.2 Å². The Balaban J connectivity index is 1.64. The third kappa shape index (κ3) is 5.10. The lowest BCUT2D eigenvalue weighted by atomic mass is 10.2. The lowest BCUT2D eigenvalue weighted by molar-refractivity contribution is -0.113. The molecule has 7 nitrogen and oxygen atoms in total. The number of carbonyl (C=O) groups excluding carboxylic acids is 1. The molecule has 0 atom stereocenters. The minimum atomic E-state index is -3.73. The number of methoxy groups -OCH3 is 1. The lowest BCUT2D eigenvalue weighted by Gasteiger charge is -2.12. The van der Waals surface area contributed by atoms with Crippen molar-refractivity contribution in [2.24, 2.45) is 0 Å². The van der Waals surface area contributed by atoms with Crippen molar-refractivity contribution in [3.8, 4) is 5.75 Å². The van der Waals surface area contributed by atoms with Crippen LogP contribution in [0.1, 0.15) is 5.56 Å². The Labute approximate surface area is 183 Å². The molecule has 3 rings (SSSR count). The Morgan fingerprint density at radius 2 is 1.87 bits per heavy atom. The average Bonchev–Trinajstić information content (AvgIpc) is 2.75. The SMILES string of the molecule is COc1cc(Cl)c(C)cc1NC(=O)CSc1ccc(S(=O)(=O)c2ccccc2)nn1. The molecular formula is C20H18ClN3O4S2. The van der Waals surface area contributed by atoms with E-state index in [9.17, 15) is 13.2 Å². The first-order chi connectivity index (χ1) is 14.3. The molecular weight excluding hydrogens is 446 g/mol. The molecule has 0 saturated heterocycles. The smallest absolute Gasteiger partial charge is 0.234 e. The number of hydrogen-bond acceptors (Lipinski definition) is 7. The molecule has 0 spiro atoms. The molecule has 0 fully saturated rings. The second-order valence-corrected chi connectivity index (χ2v) is 9.46. The fourth-order valence-electron chi connectivity index (χ4n) is 2.50. The monoisotopic (exact) mass is 463 g/mol. The molecule has 0 aliphatic heterocycles. The zero-order chi connectivity index (χ0) is 21.7. The molecule has 0 aliphatic carbocycles. The second-order valence-electron chi connectivity index (χ2n) is 6.16. The van der Waals surface area contributed by atoms with E-state index in [2.05, 4.69) is 15.5 Å². The van der Waals surface area contributed by atoms with Gasteiger partial charge in [-0.2, -0.15) is 0 Å². The van der Waals surface area contributed by atoms with E-state index in [0.29, 0.717) is 21.5 Å². The van der Waals surface area contributed by atoms with Gasteiger partial charge in [-0.05, 0) is 42.8 Å². The van der Waals surface area contributed by atoms with Crippen LogP contribution in [0, 0.1) is 6.92 Å². The molecule has 2 aromatic carbocycles. The quantitative estimate of drug-likeness (QED) is 0.528. The zero-order valence-electron chi connectivity index (χ0n) is 16.1. The van der Waals surface area contributed by atoms with E-state index in [1.807, 2.05) is 6.92 Å². The molecule has 0 aliphatic rings. The molecule has 0 saturated carbocycles. The van der Waals surface area contributed by atoms with E-state index < -0.39 is 9.84 Å². The third-order valence-corrected chi connectivity index (χ3v) is 7.04. The van der Waals surface area contributed by atoms with E-state index in [1.54, 1.807) is 30.3 Å². The van der Waals surface area contributed by atoms with Gasteiger partial charge < -0.3 is 10.1 Å². The summed E-state index contributed by atoms with van der Waals surface area (Å²) in [5, 5.41) is 11.3. The number of ether oxygens (including phenoxy) is 1.